The molecule has 0 aliphatic carbocycles. The van der Waals surface area contributed by atoms with Gasteiger partial charge in [-0.25, -0.2) is 0 Å². The fourth-order valence-electron chi connectivity index (χ4n) is 2.12. The molecule has 0 heterocycles. The lowest BCUT2D eigenvalue weighted by Gasteiger charge is -2.19. The minimum Gasteiger partial charge on any atom is -0.312 e. The largest absolute Gasteiger partial charge is 0.312 e. The molecule has 1 rings (SSSR count). The van der Waals surface area contributed by atoms with E-state index in [1.54, 1.807) is 0 Å². The molecule has 102 valence electrons. The summed E-state index contributed by atoms with van der Waals surface area (Å²) in [6.07, 6.45) is 4.03. The fraction of sp³-hybridized carbons (Fsp3) is 0.625. The molecule has 0 saturated carbocycles. The van der Waals surface area contributed by atoms with Crippen LogP contribution in [0.4, 0.5) is 0 Å². The number of hydrogen-bond donors (Lipinski definition) is 1. The fourth-order valence-corrected chi connectivity index (χ4v) is 3.28. The first kappa shape index (κ1) is 15.6. The monoisotopic (exact) mass is 265 g/mol. The van der Waals surface area contributed by atoms with Crippen LogP contribution in [0.25, 0.3) is 0 Å². The second kappa shape index (κ2) is 8.60. The smallest absolute Gasteiger partial charge is 0.0412 e. The van der Waals surface area contributed by atoms with Gasteiger partial charge in [0.15, 0.2) is 0 Å². The Balaban J connectivity index is 2.52. The molecule has 0 fully saturated rings. The minimum absolute atomic E-state index is 0.483. The van der Waals surface area contributed by atoms with Gasteiger partial charge in [-0.15, -0.1) is 0 Å². The highest BCUT2D eigenvalue weighted by Gasteiger charge is 2.11. The third-order valence-electron chi connectivity index (χ3n) is 3.34. The number of benzene rings is 1. The Kier molecular flexibility index (Phi) is 7.45. The van der Waals surface area contributed by atoms with Crippen molar-refractivity contribution in [1.82, 2.24) is 5.32 Å². The average molecular weight is 265 g/mol. The molecule has 2 heteroatoms. The van der Waals surface area contributed by atoms with Crippen molar-refractivity contribution in [2.45, 2.75) is 46.1 Å². The Labute approximate surface area is 117 Å². The summed E-state index contributed by atoms with van der Waals surface area (Å²) >= 11 is 2.07. The molecule has 0 bridgehead atoms. The summed E-state index contributed by atoms with van der Waals surface area (Å²) in [5.41, 5.74) is 4.21. The van der Waals surface area contributed by atoms with Gasteiger partial charge < -0.3 is 5.32 Å². The van der Waals surface area contributed by atoms with Gasteiger partial charge in [-0.2, -0.15) is 11.8 Å². The van der Waals surface area contributed by atoms with E-state index < -0.39 is 0 Å². The molecule has 0 amide bonds. The second-order valence-corrected chi connectivity index (χ2v) is 6.13. The van der Waals surface area contributed by atoms with Crippen molar-refractivity contribution in [2.75, 3.05) is 18.6 Å². The molecule has 0 radical (unpaired) electrons. The van der Waals surface area contributed by atoms with Gasteiger partial charge in [-0.1, -0.05) is 43.5 Å². The molecule has 1 atom stereocenters. The molecular weight excluding hydrogens is 238 g/mol. The van der Waals surface area contributed by atoms with E-state index >= 15 is 0 Å². The lowest BCUT2D eigenvalue weighted by molar-refractivity contribution is 0.656. The van der Waals surface area contributed by atoms with Gasteiger partial charge in [0.25, 0.3) is 0 Å². The Morgan fingerprint density at radius 1 is 1.22 bits per heavy atom. The van der Waals surface area contributed by atoms with Crippen LogP contribution in [0.2, 0.25) is 0 Å². The lowest BCUT2D eigenvalue weighted by atomic mass is 10.0. The van der Waals surface area contributed by atoms with Crippen LogP contribution < -0.4 is 5.32 Å². The lowest BCUT2D eigenvalue weighted by Crippen LogP contribution is -2.20. The van der Waals surface area contributed by atoms with Crippen molar-refractivity contribution in [3.8, 4) is 0 Å². The highest BCUT2D eigenvalue weighted by molar-refractivity contribution is 7.99. The van der Waals surface area contributed by atoms with Crippen LogP contribution in [0.5, 0.6) is 0 Å². The van der Waals surface area contributed by atoms with Crippen LogP contribution in [0, 0.1) is 13.8 Å². The number of unbranched alkanes of at least 4 members (excludes halogenated alkanes) is 2. The van der Waals surface area contributed by atoms with Crippen LogP contribution in [-0.2, 0) is 0 Å². The van der Waals surface area contributed by atoms with E-state index in [9.17, 15) is 0 Å². The first-order valence-corrected chi connectivity index (χ1v) is 8.16. The Morgan fingerprint density at radius 2 is 2.00 bits per heavy atom. The highest BCUT2D eigenvalue weighted by Crippen LogP contribution is 2.23. The molecule has 18 heavy (non-hydrogen) atoms. The molecule has 1 unspecified atom stereocenters. The zero-order valence-corrected chi connectivity index (χ0v) is 13.1. The highest BCUT2D eigenvalue weighted by atomic mass is 32.2. The number of hydrogen-bond acceptors (Lipinski definition) is 2. The first-order chi connectivity index (χ1) is 8.69. The van der Waals surface area contributed by atoms with Crippen LogP contribution in [0.1, 0.15) is 48.9 Å². The van der Waals surface area contributed by atoms with Crippen molar-refractivity contribution in [1.29, 1.82) is 0 Å². The summed E-state index contributed by atoms with van der Waals surface area (Å²) < 4.78 is 0. The first-order valence-electron chi connectivity index (χ1n) is 7.01. The summed E-state index contributed by atoms with van der Waals surface area (Å²) in [5.74, 6) is 2.46. The molecule has 0 aromatic heterocycles. The van der Waals surface area contributed by atoms with Crippen LogP contribution in [0.3, 0.4) is 0 Å². The van der Waals surface area contributed by atoms with Gasteiger partial charge in [-0.05, 0) is 44.2 Å². The normalized spacial score (nSPS) is 12.7. The van der Waals surface area contributed by atoms with Gasteiger partial charge in [0.05, 0.1) is 0 Å². The van der Waals surface area contributed by atoms with Crippen LogP contribution >= 0.6 is 11.8 Å². The number of rotatable bonds is 8. The van der Waals surface area contributed by atoms with Gasteiger partial charge in [0.2, 0.25) is 0 Å². The maximum atomic E-state index is 3.46. The topological polar surface area (TPSA) is 12.0 Å². The van der Waals surface area contributed by atoms with Crippen molar-refractivity contribution in [2.24, 2.45) is 0 Å². The standard InChI is InChI=1S/C16H27NS/c1-5-6-7-10-18-12-16(17-4)15-11-13(2)8-9-14(15)3/h8-9,11,16-17H,5-7,10,12H2,1-4H3. The summed E-state index contributed by atoms with van der Waals surface area (Å²) in [4.78, 5) is 0. The molecular formula is C16H27NS. The predicted octanol–water partition coefficient (Wildman–Crippen LogP) is 4.49. The van der Waals surface area contributed by atoms with Crippen molar-refractivity contribution >= 4 is 11.8 Å². The molecule has 0 aliphatic rings. The van der Waals surface area contributed by atoms with E-state index in [0.29, 0.717) is 6.04 Å². The Morgan fingerprint density at radius 3 is 2.67 bits per heavy atom. The Bertz CT molecular complexity index is 349. The number of nitrogens with one attached hydrogen (secondary N) is 1. The molecule has 1 nitrogen and oxygen atoms in total. The summed E-state index contributed by atoms with van der Waals surface area (Å²) in [6.45, 7) is 6.64. The van der Waals surface area contributed by atoms with Crippen molar-refractivity contribution in [3.05, 3.63) is 34.9 Å². The Hall–Kier alpha value is -0.470. The zero-order valence-electron chi connectivity index (χ0n) is 12.3. The molecule has 0 saturated heterocycles. The van der Waals surface area contributed by atoms with Crippen LogP contribution in [0.15, 0.2) is 18.2 Å². The third kappa shape index (κ3) is 5.03. The zero-order chi connectivity index (χ0) is 13.4. The second-order valence-electron chi connectivity index (χ2n) is 4.98. The molecule has 1 aromatic carbocycles. The third-order valence-corrected chi connectivity index (χ3v) is 4.48. The predicted molar refractivity (Wildman–Crippen MR) is 84.6 cm³/mol. The number of aryl methyl sites for hydroxylation is 2. The van der Waals surface area contributed by atoms with Gasteiger partial charge in [-0.3, -0.25) is 0 Å². The van der Waals surface area contributed by atoms with Gasteiger partial charge in [0, 0.05) is 11.8 Å². The van der Waals surface area contributed by atoms with Gasteiger partial charge >= 0.3 is 0 Å². The molecule has 0 aliphatic heterocycles. The molecule has 0 spiro atoms. The van der Waals surface area contributed by atoms with Crippen LogP contribution in [-0.4, -0.2) is 18.6 Å². The molecule has 1 N–H and O–H groups in total. The van der Waals surface area contributed by atoms with E-state index in [0.717, 1.165) is 0 Å². The van der Waals surface area contributed by atoms with Crippen molar-refractivity contribution < 1.29 is 0 Å². The average Bonchev–Trinajstić information content (AvgIpc) is 2.37. The van der Waals surface area contributed by atoms with E-state index in [1.807, 2.05) is 0 Å². The number of thioether (sulfide) groups is 1. The maximum Gasteiger partial charge on any atom is 0.0412 e. The SMILES string of the molecule is CCCCCSCC(NC)c1cc(C)ccc1C. The van der Waals surface area contributed by atoms with E-state index in [4.69, 9.17) is 0 Å². The quantitative estimate of drug-likeness (QED) is 0.695. The maximum absolute atomic E-state index is 3.46. The van der Waals surface area contributed by atoms with Gasteiger partial charge in [0.1, 0.15) is 0 Å². The van der Waals surface area contributed by atoms with E-state index in [-0.39, 0.29) is 0 Å². The molecule has 1 aromatic rings. The summed E-state index contributed by atoms with van der Waals surface area (Å²) in [5, 5.41) is 3.46. The summed E-state index contributed by atoms with van der Waals surface area (Å²) in [6, 6.07) is 7.23. The minimum atomic E-state index is 0.483. The van der Waals surface area contributed by atoms with E-state index in [2.05, 4.69) is 63.1 Å². The summed E-state index contributed by atoms with van der Waals surface area (Å²) in [7, 11) is 2.07. The van der Waals surface area contributed by atoms with Crippen molar-refractivity contribution in [3.63, 3.8) is 0 Å². The van der Waals surface area contributed by atoms with E-state index in [1.165, 1.54) is 47.5 Å².